The minimum Gasteiger partial charge on any atom is -0.337 e. The molecule has 1 atom stereocenters. The van der Waals surface area contributed by atoms with E-state index in [9.17, 15) is 4.79 Å². The number of thiophene rings is 1. The number of rotatable bonds is 2. The van der Waals surface area contributed by atoms with Crippen molar-refractivity contribution in [1.29, 1.82) is 0 Å². The number of carbonyl (C=O) groups is 1. The molecule has 0 N–H and O–H groups in total. The minimum atomic E-state index is 0.0859. The van der Waals surface area contributed by atoms with Gasteiger partial charge in [0, 0.05) is 32.0 Å². The zero-order chi connectivity index (χ0) is 15.1. The Morgan fingerprint density at radius 1 is 1.27 bits per heavy atom. The van der Waals surface area contributed by atoms with Gasteiger partial charge in [-0.1, -0.05) is 11.6 Å². The van der Waals surface area contributed by atoms with E-state index >= 15 is 0 Å². The fraction of sp³-hybridized carbons (Fsp3) is 0.533. The molecule has 0 spiro atoms. The molecule has 1 amide bonds. The first-order chi connectivity index (χ1) is 10.7. The van der Waals surface area contributed by atoms with Gasteiger partial charge >= 0.3 is 0 Å². The van der Waals surface area contributed by atoms with Crippen molar-refractivity contribution >= 4 is 28.8 Å². The third-order valence-electron chi connectivity index (χ3n) is 4.50. The van der Waals surface area contributed by atoms with Crippen LogP contribution < -0.4 is 0 Å². The first-order valence-electron chi connectivity index (χ1n) is 7.69. The van der Waals surface area contributed by atoms with Crippen LogP contribution in [0.5, 0.6) is 0 Å². The number of hydrogen-bond donors (Lipinski definition) is 0. The van der Waals surface area contributed by atoms with Gasteiger partial charge in [-0.25, -0.2) is 0 Å². The van der Waals surface area contributed by atoms with Gasteiger partial charge in [0.15, 0.2) is 0 Å². The maximum atomic E-state index is 12.6. The zero-order valence-electron chi connectivity index (χ0n) is 12.2. The van der Waals surface area contributed by atoms with Crippen molar-refractivity contribution in [3.8, 4) is 0 Å². The molecule has 4 rings (SSSR count). The third-order valence-corrected chi connectivity index (χ3v) is 5.71. The van der Waals surface area contributed by atoms with Crippen LogP contribution >= 0.6 is 22.9 Å². The molecule has 7 heteroatoms. The molecular formula is C15H17ClN4OS. The van der Waals surface area contributed by atoms with Gasteiger partial charge in [0.05, 0.1) is 9.21 Å². The second-order valence-electron chi connectivity index (χ2n) is 5.92. The van der Waals surface area contributed by atoms with Crippen LogP contribution in [-0.4, -0.2) is 38.7 Å². The summed E-state index contributed by atoms with van der Waals surface area (Å²) in [5, 5.41) is 8.69. The molecule has 2 aliphatic heterocycles. The van der Waals surface area contributed by atoms with Crippen LogP contribution in [-0.2, 0) is 13.0 Å². The normalized spacial score (nSPS) is 21.1. The summed E-state index contributed by atoms with van der Waals surface area (Å²) >= 11 is 7.29. The molecule has 4 heterocycles. The first kappa shape index (κ1) is 14.2. The van der Waals surface area contributed by atoms with E-state index in [4.69, 9.17) is 11.6 Å². The number of amides is 1. The molecule has 2 aromatic rings. The summed E-state index contributed by atoms with van der Waals surface area (Å²) in [6.07, 6.45) is 4.27. The molecule has 116 valence electrons. The van der Waals surface area contributed by atoms with Crippen molar-refractivity contribution in [2.24, 2.45) is 0 Å². The maximum absolute atomic E-state index is 12.6. The standard InChI is InChI=1S/C15H17ClN4OS/c16-12-6-5-11(22-12)15(21)19-7-1-3-10(9-19)14-18-17-13-4-2-8-20(13)14/h5-6,10H,1-4,7-9H2/t10-/m0/s1. The molecule has 0 unspecified atom stereocenters. The van der Waals surface area contributed by atoms with Crippen LogP contribution in [0.2, 0.25) is 4.34 Å². The van der Waals surface area contributed by atoms with Gasteiger partial charge in [0.2, 0.25) is 0 Å². The summed E-state index contributed by atoms with van der Waals surface area (Å²) in [6, 6.07) is 3.60. The van der Waals surface area contributed by atoms with Crippen molar-refractivity contribution in [2.75, 3.05) is 13.1 Å². The Morgan fingerprint density at radius 3 is 3.00 bits per heavy atom. The summed E-state index contributed by atoms with van der Waals surface area (Å²) in [7, 11) is 0. The fourth-order valence-corrected chi connectivity index (χ4v) is 4.44. The summed E-state index contributed by atoms with van der Waals surface area (Å²) in [5.41, 5.74) is 0. The molecular weight excluding hydrogens is 320 g/mol. The number of halogens is 1. The Labute approximate surface area is 137 Å². The average Bonchev–Trinajstić information content (AvgIpc) is 3.22. The van der Waals surface area contributed by atoms with Gasteiger partial charge < -0.3 is 9.47 Å². The molecule has 0 saturated carbocycles. The highest BCUT2D eigenvalue weighted by molar-refractivity contribution is 7.17. The van der Waals surface area contributed by atoms with Crippen molar-refractivity contribution in [3.63, 3.8) is 0 Å². The van der Waals surface area contributed by atoms with E-state index in [1.165, 1.54) is 11.3 Å². The van der Waals surface area contributed by atoms with Gasteiger partial charge in [0.25, 0.3) is 5.91 Å². The molecule has 0 bridgehead atoms. The number of aryl methyl sites for hydroxylation is 1. The number of likely N-dealkylation sites (tertiary alicyclic amines) is 1. The first-order valence-corrected chi connectivity index (χ1v) is 8.88. The highest BCUT2D eigenvalue weighted by atomic mass is 35.5. The summed E-state index contributed by atoms with van der Waals surface area (Å²) in [6.45, 7) is 2.56. The van der Waals surface area contributed by atoms with E-state index in [-0.39, 0.29) is 5.91 Å². The molecule has 0 aliphatic carbocycles. The highest BCUT2D eigenvalue weighted by Gasteiger charge is 2.30. The van der Waals surface area contributed by atoms with E-state index in [0.717, 1.165) is 61.8 Å². The molecule has 5 nitrogen and oxygen atoms in total. The Balaban J connectivity index is 1.53. The lowest BCUT2D eigenvalue weighted by molar-refractivity contribution is 0.0708. The predicted molar refractivity (Wildman–Crippen MR) is 85.6 cm³/mol. The summed E-state index contributed by atoms with van der Waals surface area (Å²) in [4.78, 5) is 15.3. The van der Waals surface area contributed by atoms with Crippen molar-refractivity contribution in [2.45, 2.75) is 38.1 Å². The van der Waals surface area contributed by atoms with Crippen LogP contribution in [0, 0.1) is 0 Å². The monoisotopic (exact) mass is 336 g/mol. The molecule has 0 aromatic carbocycles. The minimum absolute atomic E-state index is 0.0859. The van der Waals surface area contributed by atoms with E-state index in [2.05, 4.69) is 14.8 Å². The highest BCUT2D eigenvalue weighted by Crippen LogP contribution is 2.30. The van der Waals surface area contributed by atoms with Gasteiger partial charge in [-0.15, -0.1) is 21.5 Å². The van der Waals surface area contributed by atoms with E-state index in [0.29, 0.717) is 10.3 Å². The molecule has 2 aromatic heterocycles. The van der Waals surface area contributed by atoms with Crippen LogP contribution in [0.25, 0.3) is 0 Å². The Hall–Kier alpha value is -1.40. The van der Waals surface area contributed by atoms with Gasteiger partial charge in [-0.3, -0.25) is 4.79 Å². The average molecular weight is 337 g/mol. The van der Waals surface area contributed by atoms with Gasteiger partial charge in [-0.2, -0.15) is 0 Å². The van der Waals surface area contributed by atoms with Crippen molar-refractivity contribution < 1.29 is 4.79 Å². The number of piperidine rings is 1. The lowest BCUT2D eigenvalue weighted by atomic mass is 9.97. The van der Waals surface area contributed by atoms with Crippen molar-refractivity contribution in [3.05, 3.63) is 33.0 Å². The van der Waals surface area contributed by atoms with E-state index < -0.39 is 0 Å². The number of carbonyl (C=O) groups excluding carboxylic acids is 1. The SMILES string of the molecule is O=C(c1ccc(Cl)s1)N1CCC[C@H](c2nnc3n2CCC3)C1. The Kier molecular flexibility index (Phi) is 3.66. The quantitative estimate of drug-likeness (QED) is 0.847. The zero-order valence-corrected chi connectivity index (χ0v) is 13.7. The molecule has 2 aliphatic rings. The second kappa shape index (κ2) is 5.66. The second-order valence-corrected chi connectivity index (χ2v) is 7.64. The number of nitrogens with zero attached hydrogens (tertiary/aromatic N) is 4. The van der Waals surface area contributed by atoms with Crippen LogP contribution in [0.15, 0.2) is 12.1 Å². The molecule has 1 saturated heterocycles. The third kappa shape index (κ3) is 2.44. The number of fused-ring (bicyclic) bond motifs is 1. The van der Waals surface area contributed by atoms with Crippen molar-refractivity contribution in [1.82, 2.24) is 19.7 Å². The predicted octanol–water partition coefficient (Wildman–Crippen LogP) is 2.96. The molecule has 0 radical (unpaired) electrons. The summed E-state index contributed by atoms with van der Waals surface area (Å²) < 4.78 is 2.91. The largest absolute Gasteiger partial charge is 0.337 e. The van der Waals surface area contributed by atoms with Crippen LogP contribution in [0.1, 0.15) is 46.5 Å². The molecule has 1 fully saturated rings. The Bertz CT molecular complexity index is 710. The van der Waals surface area contributed by atoms with E-state index in [1.54, 1.807) is 6.07 Å². The summed E-state index contributed by atoms with van der Waals surface area (Å²) in [5.74, 6) is 2.55. The smallest absolute Gasteiger partial charge is 0.263 e. The maximum Gasteiger partial charge on any atom is 0.263 e. The fourth-order valence-electron chi connectivity index (χ4n) is 3.43. The van der Waals surface area contributed by atoms with Crippen LogP contribution in [0.3, 0.4) is 0 Å². The van der Waals surface area contributed by atoms with Gasteiger partial charge in [-0.05, 0) is 31.4 Å². The van der Waals surface area contributed by atoms with Crippen LogP contribution in [0.4, 0.5) is 0 Å². The Morgan fingerprint density at radius 2 is 2.18 bits per heavy atom. The lowest BCUT2D eigenvalue weighted by Crippen LogP contribution is -2.39. The number of hydrogen-bond acceptors (Lipinski definition) is 4. The van der Waals surface area contributed by atoms with E-state index in [1.807, 2.05) is 11.0 Å². The topological polar surface area (TPSA) is 51.0 Å². The lowest BCUT2D eigenvalue weighted by Gasteiger charge is -2.32. The molecule has 22 heavy (non-hydrogen) atoms. The van der Waals surface area contributed by atoms with Gasteiger partial charge in [0.1, 0.15) is 11.6 Å². The number of aromatic nitrogens is 3.